The van der Waals surface area contributed by atoms with Gasteiger partial charge in [0.15, 0.2) is 0 Å². The molecule has 2 amide bonds. The molecule has 1 aromatic heterocycles. The maximum absolute atomic E-state index is 12.6. The number of carbonyl (C=O) groups is 2. The molecule has 1 atom stereocenters. The first-order valence-corrected chi connectivity index (χ1v) is 10.3. The number of aromatic nitrogens is 2. The van der Waals surface area contributed by atoms with Gasteiger partial charge in [0.05, 0.1) is 14.2 Å². The summed E-state index contributed by atoms with van der Waals surface area (Å²) in [5.41, 5.74) is 1.54. The Morgan fingerprint density at radius 1 is 1.20 bits per heavy atom. The molecule has 1 aliphatic heterocycles. The Balaban J connectivity index is 1.50. The van der Waals surface area contributed by atoms with Crippen molar-refractivity contribution < 1.29 is 19.1 Å². The van der Waals surface area contributed by atoms with E-state index in [4.69, 9.17) is 9.47 Å². The van der Waals surface area contributed by atoms with Gasteiger partial charge in [-0.25, -0.2) is 0 Å². The Kier molecular flexibility index (Phi) is 7.32. The minimum atomic E-state index is -0.176. The summed E-state index contributed by atoms with van der Waals surface area (Å²) in [6, 6.07) is 7.03. The maximum Gasteiger partial charge on any atom is 0.251 e. The molecule has 1 aromatic carbocycles. The molecule has 1 fully saturated rings. The number of nitrogens with one attached hydrogen (secondary N) is 1. The van der Waals surface area contributed by atoms with Crippen LogP contribution in [-0.2, 0) is 11.3 Å². The molecule has 1 aliphatic rings. The van der Waals surface area contributed by atoms with Gasteiger partial charge in [-0.2, -0.15) is 5.10 Å². The minimum absolute atomic E-state index is 0.137. The topological polar surface area (TPSA) is 85.7 Å². The zero-order valence-electron chi connectivity index (χ0n) is 17.9. The predicted molar refractivity (Wildman–Crippen MR) is 113 cm³/mol. The SMILES string of the molecule is COc1cc(OC)cc(C(=O)NC[C@@H]2CCCN(C(=O)CCn3nccc3C)C2)c1. The van der Waals surface area contributed by atoms with Crippen LogP contribution < -0.4 is 14.8 Å². The van der Waals surface area contributed by atoms with Crippen LogP contribution in [0.4, 0.5) is 0 Å². The van der Waals surface area contributed by atoms with E-state index < -0.39 is 0 Å². The first kappa shape index (κ1) is 21.7. The van der Waals surface area contributed by atoms with Gasteiger partial charge >= 0.3 is 0 Å². The monoisotopic (exact) mass is 414 g/mol. The van der Waals surface area contributed by atoms with Gasteiger partial charge in [-0.05, 0) is 43.9 Å². The Hall–Kier alpha value is -3.03. The fourth-order valence-electron chi connectivity index (χ4n) is 3.73. The average molecular weight is 415 g/mol. The van der Waals surface area contributed by atoms with Gasteiger partial charge < -0.3 is 19.7 Å². The molecule has 0 spiro atoms. The van der Waals surface area contributed by atoms with E-state index in [0.717, 1.165) is 25.1 Å². The number of rotatable bonds is 8. The van der Waals surface area contributed by atoms with Crippen LogP contribution in [0.5, 0.6) is 11.5 Å². The lowest BCUT2D eigenvalue weighted by atomic mass is 9.97. The van der Waals surface area contributed by atoms with Crippen molar-refractivity contribution in [2.75, 3.05) is 33.9 Å². The van der Waals surface area contributed by atoms with E-state index in [1.54, 1.807) is 38.6 Å². The molecule has 0 aliphatic carbocycles. The van der Waals surface area contributed by atoms with Crippen LogP contribution in [0.25, 0.3) is 0 Å². The third-order valence-electron chi connectivity index (χ3n) is 5.50. The summed E-state index contributed by atoms with van der Waals surface area (Å²) in [6.07, 6.45) is 4.12. The van der Waals surface area contributed by atoms with Gasteiger partial charge in [0, 0.05) is 56.1 Å². The number of ether oxygens (including phenoxy) is 2. The second-order valence-corrected chi connectivity index (χ2v) is 7.61. The number of likely N-dealkylation sites (tertiary alicyclic amines) is 1. The molecule has 0 radical (unpaired) electrons. The lowest BCUT2D eigenvalue weighted by Gasteiger charge is -2.33. The predicted octanol–water partition coefficient (Wildman–Crippen LogP) is 2.27. The van der Waals surface area contributed by atoms with E-state index in [9.17, 15) is 9.59 Å². The molecule has 0 bridgehead atoms. The van der Waals surface area contributed by atoms with Crippen molar-refractivity contribution in [2.24, 2.45) is 5.92 Å². The third-order valence-corrected chi connectivity index (χ3v) is 5.50. The zero-order valence-corrected chi connectivity index (χ0v) is 17.9. The van der Waals surface area contributed by atoms with E-state index in [0.29, 0.717) is 43.1 Å². The molecule has 1 saturated heterocycles. The standard InChI is InChI=1S/C22H30N4O4/c1-16-6-8-24-26(16)10-7-21(27)25-9-4-5-17(15-25)14-23-22(28)18-11-19(29-2)13-20(12-18)30-3/h6,8,11-13,17H,4-5,7,9-10,14-15H2,1-3H3,(H,23,28)/t17-/m0/s1. The number of carbonyl (C=O) groups excluding carboxylic acids is 2. The Morgan fingerprint density at radius 3 is 2.57 bits per heavy atom. The number of benzene rings is 1. The summed E-state index contributed by atoms with van der Waals surface area (Å²) in [7, 11) is 3.11. The minimum Gasteiger partial charge on any atom is -0.497 e. The highest BCUT2D eigenvalue weighted by Crippen LogP contribution is 2.23. The summed E-state index contributed by atoms with van der Waals surface area (Å²) in [5.74, 6) is 1.34. The lowest BCUT2D eigenvalue weighted by molar-refractivity contribution is -0.133. The summed E-state index contributed by atoms with van der Waals surface area (Å²) in [5, 5.41) is 7.22. The van der Waals surface area contributed by atoms with Crippen molar-refractivity contribution >= 4 is 11.8 Å². The smallest absolute Gasteiger partial charge is 0.251 e. The molecule has 30 heavy (non-hydrogen) atoms. The van der Waals surface area contributed by atoms with Crippen molar-refractivity contribution in [1.82, 2.24) is 20.0 Å². The average Bonchev–Trinajstić information content (AvgIpc) is 3.20. The largest absolute Gasteiger partial charge is 0.497 e. The number of hydrogen-bond donors (Lipinski definition) is 1. The molecule has 162 valence electrons. The van der Waals surface area contributed by atoms with Gasteiger partial charge in [0.25, 0.3) is 5.91 Å². The maximum atomic E-state index is 12.6. The molecule has 0 unspecified atom stereocenters. The van der Waals surface area contributed by atoms with E-state index in [2.05, 4.69) is 10.4 Å². The van der Waals surface area contributed by atoms with Gasteiger partial charge in [0.2, 0.25) is 5.91 Å². The van der Waals surface area contributed by atoms with Crippen molar-refractivity contribution in [3.63, 3.8) is 0 Å². The molecule has 3 rings (SSSR count). The summed E-state index contributed by atoms with van der Waals surface area (Å²) in [4.78, 5) is 27.1. The third kappa shape index (κ3) is 5.52. The number of aryl methyl sites for hydroxylation is 2. The fourth-order valence-corrected chi connectivity index (χ4v) is 3.73. The molecule has 2 heterocycles. The van der Waals surface area contributed by atoms with Crippen LogP contribution in [0.3, 0.4) is 0 Å². The molecular formula is C22H30N4O4. The quantitative estimate of drug-likeness (QED) is 0.716. The van der Waals surface area contributed by atoms with E-state index in [1.807, 2.05) is 22.6 Å². The van der Waals surface area contributed by atoms with E-state index >= 15 is 0 Å². The van der Waals surface area contributed by atoms with Gasteiger partial charge in [-0.15, -0.1) is 0 Å². The van der Waals surface area contributed by atoms with Gasteiger partial charge in [-0.3, -0.25) is 14.3 Å². The van der Waals surface area contributed by atoms with Crippen LogP contribution in [-0.4, -0.2) is 60.3 Å². The Morgan fingerprint density at radius 2 is 1.93 bits per heavy atom. The highest BCUT2D eigenvalue weighted by molar-refractivity contribution is 5.95. The van der Waals surface area contributed by atoms with Crippen LogP contribution in [0.1, 0.15) is 35.3 Å². The molecule has 2 aromatic rings. The molecule has 8 heteroatoms. The number of amides is 2. The lowest BCUT2D eigenvalue weighted by Crippen LogP contribution is -2.44. The van der Waals surface area contributed by atoms with Crippen molar-refractivity contribution in [3.05, 3.63) is 41.7 Å². The summed E-state index contributed by atoms with van der Waals surface area (Å²) >= 11 is 0. The van der Waals surface area contributed by atoms with Crippen molar-refractivity contribution in [2.45, 2.75) is 32.7 Å². The number of piperidine rings is 1. The van der Waals surface area contributed by atoms with Crippen LogP contribution in [0.2, 0.25) is 0 Å². The van der Waals surface area contributed by atoms with E-state index in [1.165, 1.54) is 0 Å². The highest BCUT2D eigenvalue weighted by atomic mass is 16.5. The zero-order chi connectivity index (χ0) is 21.5. The molecular weight excluding hydrogens is 384 g/mol. The fraction of sp³-hybridized carbons (Fsp3) is 0.500. The highest BCUT2D eigenvalue weighted by Gasteiger charge is 2.24. The first-order valence-electron chi connectivity index (χ1n) is 10.3. The normalized spacial score (nSPS) is 16.2. The summed E-state index contributed by atoms with van der Waals surface area (Å²) in [6.45, 7) is 4.54. The van der Waals surface area contributed by atoms with Crippen LogP contribution in [0.15, 0.2) is 30.5 Å². The van der Waals surface area contributed by atoms with Crippen LogP contribution in [0, 0.1) is 12.8 Å². The second kappa shape index (κ2) is 10.1. The number of nitrogens with zero attached hydrogens (tertiary/aromatic N) is 3. The molecule has 1 N–H and O–H groups in total. The van der Waals surface area contributed by atoms with Crippen molar-refractivity contribution in [1.29, 1.82) is 0 Å². The molecule has 0 saturated carbocycles. The number of hydrogen-bond acceptors (Lipinski definition) is 5. The molecule has 8 nitrogen and oxygen atoms in total. The Bertz CT molecular complexity index is 858. The number of methoxy groups -OCH3 is 2. The van der Waals surface area contributed by atoms with E-state index in [-0.39, 0.29) is 17.7 Å². The second-order valence-electron chi connectivity index (χ2n) is 7.61. The van der Waals surface area contributed by atoms with Crippen LogP contribution >= 0.6 is 0 Å². The van der Waals surface area contributed by atoms with Gasteiger partial charge in [-0.1, -0.05) is 0 Å². The van der Waals surface area contributed by atoms with Gasteiger partial charge in [0.1, 0.15) is 11.5 Å². The Labute approximate surface area is 177 Å². The summed E-state index contributed by atoms with van der Waals surface area (Å²) < 4.78 is 12.3. The first-order chi connectivity index (χ1) is 14.5. The van der Waals surface area contributed by atoms with Crippen molar-refractivity contribution in [3.8, 4) is 11.5 Å².